The number of hydrogen-bond acceptors (Lipinski definition) is 8. The number of carbonyl (C=O) groups is 1. The van der Waals surface area contributed by atoms with E-state index in [9.17, 15) is 0 Å². The van der Waals surface area contributed by atoms with Gasteiger partial charge in [-0.1, -0.05) is 18.2 Å². The quantitative estimate of drug-likeness (QED) is 0.362. The number of para-hydroxylation sites is 1. The first kappa shape index (κ1) is 32.0. The average Bonchev–Trinajstić information content (AvgIpc) is 2.20. The van der Waals surface area contributed by atoms with E-state index in [0.717, 1.165) is 0 Å². The van der Waals surface area contributed by atoms with Gasteiger partial charge in [-0.15, -0.1) is 22.7 Å². The van der Waals surface area contributed by atoms with Gasteiger partial charge in [-0.05, 0) is 12.1 Å². The molecule has 0 saturated heterocycles. The number of aromatic hydroxyl groups is 1. The Labute approximate surface area is 159 Å². The van der Waals surface area contributed by atoms with Crippen LogP contribution in [0.2, 0.25) is 0 Å². The molecule has 12 heteroatoms. The molecule has 0 saturated carbocycles. The Kier molecular flexibility index (Phi) is 45.8. The summed E-state index contributed by atoms with van der Waals surface area (Å²) in [6, 6.07) is 8.71. The fourth-order valence-corrected chi connectivity index (χ4v) is 0.428. The molecule has 1 aromatic rings. The molecule has 0 amide bonds. The van der Waals surface area contributed by atoms with E-state index in [1.807, 2.05) is 12.9 Å². The summed E-state index contributed by atoms with van der Waals surface area (Å²) in [5, 5.41) is 8.63. The molecule has 19 heavy (non-hydrogen) atoms. The molecule has 0 spiro atoms. The van der Waals surface area contributed by atoms with Gasteiger partial charge < -0.3 is 28.1 Å². The summed E-state index contributed by atoms with van der Waals surface area (Å²) in [7, 11) is 0. The van der Waals surface area contributed by atoms with Crippen LogP contribution in [0, 0.1) is 0 Å². The minimum Gasteiger partial charge on any atom is -0.784 e. The van der Waals surface area contributed by atoms with Crippen molar-refractivity contribution in [3.05, 3.63) is 30.3 Å². The maximum absolute atomic E-state index is 8.63. The number of rotatable bonds is 0. The van der Waals surface area contributed by atoms with Crippen molar-refractivity contribution in [2.75, 3.05) is 0 Å². The first-order valence-electron chi connectivity index (χ1n) is 3.42. The van der Waals surface area contributed by atoms with E-state index < -0.39 is 22.7 Å². The monoisotopic (exact) mass is 330 g/mol. The van der Waals surface area contributed by atoms with Gasteiger partial charge in [0.1, 0.15) is 12.5 Å². The van der Waals surface area contributed by atoms with Crippen molar-refractivity contribution < 1.29 is 95.6 Å². The summed E-state index contributed by atoms with van der Waals surface area (Å²) in [6.07, 6.45) is 0. The molecule has 0 aromatic heterocycles. The fraction of sp³-hybridized carbons (Fsp3) is 0. The number of carbonyl (C=O) groups excluding carboxylic acids is 1. The van der Waals surface area contributed by atoms with Crippen molar-refractivity contribution in [1.29, 1.82) is 0 Å². The molecule has 8 nitrogen and oxygen atoms in total. The van der Waals surface area contributed by atoms with Crippen LogP contribution in [-0.4, -0.2) is 38.5 Å². The zero-order chi connectivity index (χ0) is 14.3. The van der Waals surface area contributed by atoms with Gasteiger partial charge in [-0.25, -0.2) is 0 Å². The van der Waals surface area contributed by atoms with Crippen LogP contribution < -0.4 is 59.1 Å². The standard InChI is InChI=1S/C6H6O.CH2O.2Na.2H2O3S/c7-6-4-2-1-3-5-6;1-2;;;2*1-4(2)3/h1-5,7H;1H2;;;2*(H2,1,2,3)/q;;2*+1;;/p-4. The minimum absolute atomic E-state index is 0. The predicted molar refractivity (Wildman–Crippen MR) is 54.6 cm³/mol. The van der Waals surface area contributed by atoms with Crippen LogP contribution >= 0.6 is 0 Å². The molecule has 0 atom stereocenters. The maximum atomic E-state index is 8.63. The smallest absolute Gasteiger partial charge is 0.784 e. The molecule has 0 fully saturated rings. The summed E-state index contributed by atoms with van der Waals surface area (Å²) in [5.74, 6) is 0.322. The Morgan fingerprint density at radius 1 is 0.842 bits per heavy atom. The molecule has 0 aliphatic carbocycles. The Hall–Kier alpha value is 0.830. The number of phenolic OH excluding ortho intramolecular Hbond substituents is 1. The van der Waals surface area contributed by atoms with Gasteiger partial charge >= 0.3 is 59.1 Å². The topological polar surface area (TPSA) is 164 Å². The summed E-state index contributed by atoms with van der Waals surface area (Å²) in [5.41, 5.74) is 0. The Morgan fingerprint density at radius 2 is 1.05 bits per heavy atom. The number of phenols is 1. The second-order valence-corrected chi connectivity index (χ2v) is 2.56. The van der Waals surface area contributed by atoms with E-state index in [4.69, 9.17) is 36.5 Å². The molecule has 100 valence electrons. The Morgan fingerprint density at radius 3 is 1.16 bits per heavy atom. The van der Waals surface area contributed by atoms with Crippen LogP contribution in [0.3, 0.4) is 0 Å². The summed E-state index contributed by atoms with van der Waals surface area (Å²) in [4.78, 5) is 8.00. The molecule has 1 aromatic carbocycles. The van der Waals surface area contributed by atoms with Gasteiger partial charge in [-0.2, -0.15) is 0 Å². The summed E-state index contributed by atoms with van der Waals surface area (Å²) >= 11 is -6.22. The molecule has 0 bridgehead atoms. The third-order valence-corrected chi connectivity index (χ3v) is 0.756. The van der Waals surface area contributed by atoms with Gasteiger partial charge in [0.25, 0.3) is 0 Å². The third kappa shape index (κ3) is 68.4. The van der Waals surface area contributed by atoms with Gasteiger partial charge in [0.05, 0.1) is 0 Å². The van der Waals surface area contributed by atoms with Gasteiger partial charge in [0.2, 0.25) is 0 Å². The van der Waals surface area contributed by atoms with E-state index in [0.29, 0.717) is 5.75 Å². The maximum Gasteiger partial charge on any atom is 1.00 e. The van der Waals surface area contributed by atoms with Crippen LogP contribution in [0.5, 0.6) is 5.75 Å². The summed E-state index contributed by atoms with van der Waals surface area (Å²) in [6.45, 7) is 2.00. The average molecular weight is 330 g/mol. The fourth-order valence-electron chi connectivity index (χ4n) is 0.428. The van der Waals surface area contributed by atoms with E-state index >= 15 is 0 Å². The van der Waals surface area contributed by atoms with Gasteiger partial charge in [-0.3, -0.25) is 8.42 Å². The molecule has 0 aliphatic heterocycles. The van der Waals surface area contributed by atoms with Crippen LogP contribution in [0.4, 0.5) is 0 Å². The van der Waals surface area contributed by atoms with Crippen molar-refractivity contribution in [1.82, 2.24) is 0 Å². The van der Waals surface area contributed by atoms with Crippen LogP contribution in [-0.2, 0) is 27.5 Å². The van der Waals surface area contributed by atoms with Gasteiger partial charge in [0.15, 0.2) is 0 Å². The molecule has 0 heterocycles. The molecular weight excluding hydrogens is 322 g/mol. The van der Waals surface area contributed by atoms with Crippen molar-refractivity contribution in [2.24, 2.45) is 0 Å². The normalized spacial score (nSPS) is 7.05. The Bertz CT molecular complexity index is 293. The van der Waals surface area contributed by atoms with E-state index in [1.165, 1.54) is 0 Å². The SMILES string of the molecule is C=O.O=S([O-])[O-].O=S([O-])[O-].Oc1ccccc1.[Na+].[Na+]. The molecular formula is C7H8Na2O8S2-2. The molecule has 0 aliphatic rings. The summed E-state index contributed by atoms with van der Waals surface area (Å²) < 4.78 is 50.7. The van der Waals surface area contributed by atoms with Crippen LogP contribution in [0.1, 0.15) is 0 Å². The van der Waals surface area contributed by atoms with E-state index in [1.54, 1.807) is 24.3 Å². The van der Waals surface area contributed by atoms with E-state index in [-0.39, 0.29) is 59.1 Å². The number of hydrogen-bond donors (Lipinski definition) is 1. The Balaban J connectivity index is -0.0000000486. The second kappa shape index (κ2) is 27.2. The zero-order valence-electron chi connectivity index (χ0n) is 10.2. The second-order valence-electron chi connectivity index (χ2n) is 1.74. The van der Waals surface area contributed by atoms with Crippen molar-refractivity contribution in [2.45, 2.75) is 0 Å². The largest absolute Gasteiger partial charge is 1.00 e. The van der Waals surface area contributed by atoms with Crippen molar-refractivity contribution >= 4 is 29.5 Å². The predicted octanol–water partition coefficient (Wildman–Crippen LogP) is -6.79. The van der Waals surface area contributed by atoms with Gasteiger partial charge in [0, 0.05) is 0 Å². The zero-order valence-corrected chi connectivity index (χ0v) is 15.8. The minimum atomic E-state index is -3.11. The number of benzene rings is 1. The van der Waals surface area contributed by atoms with Crippen molar-refractivity contribution in [3.8, 4) is 5.75 Å². The van der Waals surface area contributed by atoms with E-state index in [2.05, 4.69) is 0 Å². The molecule has 1 N–H and O–H groups in total. The van der Waals surface area contributed by atoms with Crippen molar-refractivity contribution in [3.63, 3.8) is 0 Å². The molecule has 1 rings (SSSR count). The molecule has 0 unspecified atom stereocenters. The van der Waals surface area contributed by atoms with Crippen LogP contribution in [0.25, 0.3) is 0 Å². The first-order chi connectivity index (χ1) is 7.86. The first-order valence-corrected chi connectivity index (χ1v) is 5.42. The van der Waals surface area contributed by atoms with Crippen LogP contribution in [0.15, 0.2) is 30.3 Å². The molecule has 0 radical (unpaired) electrons. The third-order valence-electron chi connectivity index (χ3n) is 0.756.